The molecule has 0 spiro atoms. The fourth-order valence-electron chi connectivity index (χ4n) is 2.10. The summed E-state index contributed by atoms with van der Waals surface area (Å²) < 4.78 is 10.1. The Bertz CT molecular complexity index is 785. The number of benzene rings is 1. The van der Waals surface area contributed by atoms with Crippen LogP contribution in [-0.2, 0) is 20.7 Å². The van der Waals surface area contributed by atoms with E-state index in [1.165, 1.54) is 13.0 Å². The summed E-state index contributed by atoms with van der Waals surface area (Å²) in [6, 6.07) is 8.46. The molecule has 1 unspecified atom stereocenters. The van der Waals surface area contributed by atoms with E-state index in [0.717, 1.165) is 0 Å². The van der Waals surface area contributed by atoms with Gasteiger partial charge in [0.05, 0.1) is 23.7 Å². The van der Waals surface area contributed by atoms with Crippen LogP contribution in [0.3, 0.4) is 0 Å². The van der Waals surface area contributed by atoms with E-state index in [4.69, 9.17) is 14.5 Å². The molecule has 0 aliphatic carbocycles. The number of rotatable bonds is 5. The quantitative estimate of drug-likeness (QED) is 0.845. The molecule has 1 N–H and O–H groups in total. The Morgan fingerprint density at radius 1 is 1.42 bits per heavy atom. The van der Waals surface area contributed by atoms with Gasteiger partial charge >= 0.3 is 5.97 Å². The average Bonchev–Trinajstić information content (AvgIpc) is 2.86. The summed E-state index contributed by atoms with van der Waals surface area (Å²) >= 11 is 0. The standard InChI is InChI=1S/C17H17N3O4/c1-10-15(11(2)24-20-10)8-16(21)23-12(3)17(22)19-14-6-4-5-13(7-14)9-18/h4-7,12H,8H2,1-3H3,(H,19,22). The summed E-state index contributed by atoms with van der Waals surface area (Å²) in [5, 5.41) is 15.2. The number of hydrogen-bond donors (Lipinski definition) is 1. The maximum Gasteiger partial charge on any atom is 0.311 e. The van der Waals surface area contributed by atoms with Gasteiger partial charge in [0.25, 0.3) is 5.91 Å². The molecule has 24 heavy (non-hydrogen) atoms. The van der Waals surface area contributed by atoms with Gasteiger partial charge in [0.15, 0.2) is 6.10 Å². The topological polar surface area (TPSA) is 105 Å². The molecule has 0 aliphatic heterocycles. The monoisotopic (exact) mass is 327 g/mol. The van der Waals surface area contributed by atoms with Crippen LogP contribution in [0.25, 0.3) is 0 Å². The second-order valence-electron chi connectivity index (χ2n) is 5.29. The van der Waals surface area contributed by atoms with Crippen molar-refractivity contribution in [2.75, 3.05) is 5.32 Å². The maximum absolute atomic E-state index is 12.1. The Labute approximate surface area is 139 Å². The van der Waals surface area contributed by atoms with Crippen LogP contribution >= 0.6 is 0 Å². The van der Waals surface area contributed by atoms with Gasteiger partial charge in [-0.25, -0.2) is 0 Å². The second kappa shape index (κ2) is 7.42. The Hall–Kier alpha value is -3.14. The molecule has 0 aliphatic rings. The summed E-state index contributed by atoms with van der Waals surface area (Å²) in [7, 11) is 0. The van der Waals surface area contributed by atoms with E-state index in [0.29, 0.717) is 28.3 Å². The highest BCUT2D eigenvalue weighted by Gasteiger charge is 2.20. The number of aromatic nitrogens is 1. The van der Waals surface area contributed by atoms with Crippen LogP contribution in [0.1, 0.15) is 29.5 Å². The van der Waals surface area contributed by atoms with E-state index < -0.39 is 18.0 Å². The Kier molecular flexibility index (Phi) is 5.32. The molecule has 1 aromatic heterocycles. The lowest BCUT2D eigenvalue weighted by Gasteiger charge is -2.13. The number of aryl methyl sites for hydroxylation is 2. The number of nitrogens with zero attached hydrogens (tertiary/aromatic N) is 2. The number of esters is 1. The molecule has 0 saturated carbocycles. The summed E-state index contributed by atoms with van der Waals surface area (Å²) in [5.74, 6) is -0.468. The molecular formula is C17H17N3O4. The molecule has 1 aromatic carbocycles. The molecule has 0 bridgehead atoms. The van der Waals surface area contributed by atoms with Gasteiger partial charge in [-0.2, -0.15) is 5.26 Å². The fraction of sp³-hybridized carbons (Fsp3) is 0.294. The number of ether oxygens (including phenoxy) is 1. The number of nitriles is 1. The Balaban J connectivity index is 1.93. The first kappa shape index (κ1) is 17.2. The van der Waals surface area contributed by atoms with Gasteiger partial charge in [0.2, 0.25) is 0 Å². The number of amides is 1. The number of anilines is 1. The van der Waals surface area contributed by atoms with Crippen molar-refractivity contribution in [3.8, 4) is 6.07 Å². The van der Waals surface area contributed by atoms with Gasteiger partial charge in [-0.05, 0) is 39.0 Å². The zero-order chi connectivity index (χ0) is 17.7. The smallest absolute Gasteiger partial charge is 0.311 e. The number of nitrogens with one attached hydrogen (secondary N) is 1. The van der Waals surface area contributed by atoms with Crippen molar-refractivity contribution >= 4 is 17.6 Å². The summed E-state index contributed by atoms with van der Waals surface area (Å²) in [5.41, 5.74) is 2.17. The van der Waals surface area contributed by atoms with Crippen LogP contribution < -0.4 is 5.32 Å². The van der Waals surface area contributed by atoms with Crippen molar-refractivity contribution < 1.29 is 18.8 Å². The summed E-state index contributed by atoms with van der Waals surface area (Å²) in [6.45, 7) is 4.92. The minimum absolute atomic E-state index is 0.0112. The van der Waals surface area contributed by atoms with Crippen molar-refractivity contribution in [1.82, 2.24) is 5.16 Å². The van der Waals surface area contributed by atoms with E-state index >= 15 is 0 Å². The van der Waals surface area contributed by atoms with E-state index in [9.17, 15) is 9.59 Å². The second-order valence-corrected chi connectivity index (χ2v) is 5.29. The predicted molar refractivity (Wildman–Crippen MR) is 85.0 cm³/mol. The van der Waals surface area contributed by atoms with Gasteiger partial charge in [-0.1, -0.05) is 11.2 Å². The Morgan fingerprint density at radius 3 is 2.79 bits per heavy atom. The van der Waals surface area contributed by atoms with Crippen LogP contribution in [0, 0.1) is 25.2 Å². The molecule has 1 atom stereocenters. The van der Waals surface area contributed by atoms with Gasteiger partial charge in [0, 0.05) is 11.3 Å². The minimum Gasteiger partial charge on any atom is -0.452 e. The van der Waals surface area contributed by atoms with Crippen LogP contribution in [-0.4, -0.2) is 23.1 Å². The van der Waals surface area contributed by atoms with Crippen molar-refractivity contribution in [2.24, 2.45) is 0 Å². The fourth-order valence-corrected chi connectivity index (χ4v) is 2.10. The van der Waals surface area contributed by atoms with Crippen molar-refractivity contribution in [3.63, 3.8) is 0 Å². The van der Waals surface area contributed by atoms with E-state index in [2.05, 4.69) is 10.5 Å². The third kappa shape index (κ3) is 4.20. The molecular weight excluding hydrogens is 310 g/mol. The van der Waals surface area contributed by atoms with E-state index in [-0.39, 0.29) is 6.42 Å². The molecule has 124 valence electrons. The number of hydrogen-bond acceptors (Lipinski definition) is 6. The normalized spacial score (nSPS) is 11.4. The Morgan fingerprint density at radius 2 is 2.17 bits per heavy atom. The first-order valence-corrected chi connectivity index (χ1v) is 7.33. The lowest BCUT2D eigenvalue weighted by Crippen LogP contribution is -2.30. The average molecular weight is 327 g/mol. The largest absolute Gasteiger partial charge is 0.452 e. The molecule has 7 heteroatoms. The van der Waals surface area contributed by atoms with E-state index in [1.54, 1.807) is 32.0 Å². The lowest BCUT2D eigenvalue weighted by atomic mass is 10.1. The maximum atomic E-state index is 12.1. The minimum atomic E-state index is -0.969. The first-order chi connectivity index (χ1) is 11.4. The third-order valence-corrected chi connectivity index (χ3v) is 3.44. The van der Waals surface area contributed by atoms with Crippen molar-refractivity contribution in [1.29, 1.82) is 5.26 Å². The van der Waals surface area contributed by atoms with Gasteiger partial charge in [-0.15, -0.1) is 0 Å². The van der Waals surface area contributed by atoms with Crippen molar-refractivity contribution in [3.05, 3.63) is 46.8 Å². The van der Waals surface area contributed by atoms with Gasteiger partial charge < -0.3 is 14.6 Å². The van der Waals surface area contributed by atoms with E-state index in [1.807, 2.05) is 6.07 Å². The highest BCUT2D eigenvalue weighted by Crippen LogP contribution is 2.14. The van der Waals surface area contributed by atoms with Crippen LogP contribution in [0.4, 0.5) is 5.69 Å². The molecule has 0 fully saturated rings. The third-order valence-electron chi connectivity index (χ3n) is 3.44. The first-order valence-electron chi connectivity index (χ1n) is 7.33. The predicted octanol–water partition coefficient (Wildman–Crippen LogP) is 2.28. The molecule has 1 amide bonds. The molecule has 7 nitrogen and oxygen atoms in total. The highest BCUT2D eigenvalue weighted by atomic mass is 16.5. The van der Waals surface area contributed by atoms with Crippen LogP contribution in [0.2, 0.25) is 0 Å². The molecule has 2 aromatic rings. The van der Waals surface area contributed by atoms with Crippen LogP contribution in [0.15, 0.2) is 28.8 Å². The van der Waals surface area contributed by atoms with Gasteiger partial charge in [0.1, 0.15) is 5.76 Å². The summed E-state index contributed by atoms with van der Waals surface area (Å²) in [4.78, 5) is 24.0. The number of carbonyl (C=O) groups excluding carboxylic acids is 2. The SMILES string of the molecule is Cc1noc(C)c1CC(=O)OC(C)C(=O)Nc1cccc(C#N)c1. The molecule has 1 heterocycles. The zero-order valence-corrected chi connectivity index (χ0v) is 13.6. The molecule has 0 radical (unpaired) electrons. The van der Waals surface area contributed by atoms with Gasteiger partial charge in [-0.3, -0.25) is 9.59 Å². The molecule has 2 rings (SSSR count). The zero-order valence-electron chi connectivity index (χ0n) is 13.6. The lowest BCUT2D eigenvalue weighted by molar-refractivity contribution is -0.152. The number of carbonyl (C=O) groups is 2. The highest BCUT2D eigenvalue weighted by molar-refractivity contribution is 5.95. The molecule has 0 saturated heterocycles. The van der Waals surface area contributed by atoms with Crippen molar-refractivity contribution in [2.45, 2.75) is 33.3 Å². The van der Waals surface area contributed by atoms with Crippen LogP contribution in [0.5, 0.6) is 0 Å². The summed E-state index contributed by atoms with van der Waals surface area (Å²) in [6.07, 6.45) is -0.980.